The fourth-order valence-electron chi connectivity index (χ4n) is 4.32. The molecule has 4 rings (SSSR count). The number of non-ortho nitro benzene ring substituents is 1. The zero-order chi connectivity index (χ0) is 27.2. The molecule has 1 heterocycles. The highest BCUT2D eigenvalue weighted by Gasteiger charge is 2.24. The van der Waals surface area contributed by atoms with Crippen molar-refractivity contribution in [1.29, 1.82) is 0 Å². The highest BCUT2D eigenvalue weighted by atomic mass is 127. The Morgan fingerprint density at radius 3 is 2.00 bits per heavy atom. The first-order valence-corrected chi connectivity index (χ1v) is 12.0. The van der Waals surface area contributed by atoms with Crippen LogP contribution in [0.1, 0.15) is 13.8 Å². The van der Waals surface area contributed by atoms with Gasteiger partial charge in [0.15, 0.2) is 6.54 Å². The van der Waals surface area contributed by atoms with Crippen molar-refractivity contribution in [3.8, 4) is 11.3 Å². The Kier molecular flexibility index (Phi) is 9.77. The summed E-state index contributed by atoms with van der Waals surface area (Å²) in [5, 5.41) is 19.3. The lowest BCUT2D eigenvalue weighted by Crippen LogP contribution is -3.00. The zero-order valence-corrected chi connectivity index (χ0v) is 23.6. The minimum absolute atomic E-state index is 0. The van der Waals surface area contributed by atoms with Crippen LogP contribution in [-0.4, -0.2) is 30.3 Å². The number of nitro groups is 1. The number of nitrogens with one attached hydrogen (secondary N) is 2. The number of rotatable bonds is 8. The van der Waals surface area contributed by atoms with Gasteiger partial charge in [0.05, 0.1) is 34.6 Å². The number of nitrogens with zero attached hydrogens (tertiary/aromatic N) is 2. The van der Waals surface area contributed by atoms with Crippen molar-refractivity contribution in [1.82, 2.24) is 0 Å². The van der Waals surface area contributed by atoms with Crippen LogP contribution in [0, 0.1) is 10.1 Å². The number of halogens is 1. The van der Waals surface area contributed by atoms with Gasteiger partial charge in [-0.05, 0) is 56.3 Å². The summed E-state index contributed by atoms with van der Waals surface area (Å²) < 4.78 is 12.1. The number of hydrogen-bond acceptors (Lipinski definition) is 6. The average molecular weight is 642 g/mol. The van der Waals surface area contributed by atoms with Gasteiger partial charge in [-0.25, -0.2) is 9.59 Å². The molecule has 1 aromatic heterocycles. The van der Waals surface area contributed by atoms with Gasteiger partial charge in [-0.1, -0.05) is 12.6 Å². The van der Waals surface area contributed by atoms with E-state index in [0.29, 0.717) is 17.9 Å². The molecule has 0 saturated heterocycles. The second-order valence-corrected chi connectivity index (χ2v) is 8.24. The van der Waals surface area contributed by atoms with Crippen LogP contribution >= 0.6 is 0 Å². The summed E-state index contributed by atoms with van der Waals surface area (Å²) in [4.78, 5) is 35.0. The molecule has 0 atom stereocenters. The fourth-order valence-corrected chi connectivity index (χ4v) is 4.32. The molecule has 0 aliphatic carbocycles. The number of nitro benzene ring substituents is 1. The van der Waals surface area contributed by atoms with Crippen molar-refractivity contribution in [3.63, 3.8) is 0 Å². The number of amides is 2. The molecule has 202 valence electrons. The van der Waals surface area contributed by atoms with Gasteiger partial charge in [0.1, 0.15) is 0 Å². The Hall–Kier alpha value is -4.26. The van der Waals surface area contributed by atoms with Gasteiger partial charge in [-0.2, -0.15) is 4.57 Å². The molecular formula is C28H27IN4O6. The van der Waals surface area contributed by atoms with Gasteiger partial charge in [0.25, 0.3) is 5.69 Å². The number of carbonyl (C=O) groups excluding carboxylic acids is 2. The molecule has 39 heavy (non-hydrogen) atoms. The van der Waals surface area contributed by atoms with Gasteiger partial charge in [-0.3, -0.25) is 20.7 Å². The summed E-state index contributed by atoms with van der Waals surface area (Å²) in [7, 11) is 0. The number of benzene rings is 3. The average Bonchev–Trinajstić information content (AvgIpc) is 2.89. The number of anilines is 2. The Bertz CT molecular complexity index is 1560. The lowest BCUT2D eigenvalue weighted by molar-refractivity contribution is -0.648. The predicted octanol–water partition coefficient (Wildman–Crippen LogP) is 3.18. The van der Waals surface area contributed by atoms with E-state index in [-0.39, 0.29) is 42.9 Å². The van der Waals surface area contributed by atoms with E-state index in [1.165, 1.54) is 12.1 Å². The summed E-state index contributed by atoms with van der Waals surface area (Å²) in [5.41, 5.74) is 3.32. The van der Waals surface area contributed by atoms with E-state index in [1.807, 2.05) is 28.8 Å². The minimum Gasteiger partial charge on any atom is -1.00 e. The highest BCUT2D eigenvalue weighted by Crippen LogP contribution is 2.35. The van der Waals surface area contributed by atoms with Crippen LogP contribution in [0.2, 0.25) is 0 Å². The number of aromatic nitrogens is 1. The van der Waals surface area contributed by atoms with E-state index >= 15 is 0 Å². The summed E-state index contributed by atoms with van der Waals surface area (Å²) in [6, 6.07) is 17.3. The van der Waals surface area contributed by atoms with Gasteiger partial charge in [-0.15, -0.1) is 0 Å². The van der Waals surface area contributed by atoms with Crippen molar-refractivity contribution < 1.29 is 52.5 Å². The lowest BCUT2D eigenvalue weighted by Gasteiger charge is -2.14. The standard InChI is InChI=1S/C28H26N4O6.HI/c1-4-15-31-25-17-20(30-28(34)38-6-3)10-14-23(25)22-13-9-19(29-27(33)37-5-2)16-24(22)26(31)18-7-11-21(12-8-18)32(35)36;/h4,7-14,16-17H,1,5-6,15H2,2-3H3,(H,29,33);1H. The maximum absolute atomic E-state index is 12.1. The maximum Gasteiger partial charge on any atom is 0.411 e. The van der Waals surface area contributed by atoms with E-state index in [1.54, 1.807) is 44.2 Å². The number of pyridine rings is 1. The van der Waals surface area contributed by atoms with Crippen LogP contribution < -0.4 is 39.2 Å². The molecule has 0 aliphatic heterocycles. The molecule has 0 aliphatic rings. The molecule has 0 unspecified atom stereocenters. The van der Waals surface area contributed by atoms with Crippen molar-refractivity contribution >= 4 is 50.9 Å². The molecule has 0 saturated carbocycles. The van der Waals surface area contributed by atoms with E-state index < -0.39 is 17.1 Å². The molecule has 3 aromatic carbocycles. The number of hydrogen-bond donors (Lipinski definition) is 2. The number of ether oxygens (including phenoxy) is 2. The molecular weight excluding hydrogens is 615 g/mol. The largest absolute Gasteiger partial charge is 1.00 e. The van der Waals surface area contributed by atoms with Crippen LogP contribution in [0.25, 0.3) is 32.9 Å². The van der Waals surface area contributed by atoms with E-state index in [2.05, 4.69) is 17.2 Å². The van der Waals surface area contributed by atoms with Crippen molar-refractivity contribution in [3.05, 3.63) is 83.4 Å². The fraction of sp³-hybridized carbons (Fsp3) is 0.179. The maximum atomic E-state index is 12.1. The topological polar surface area (TPSA) is 124 Å². The Balaban J connectivity index is 0.00000420. The first kappa shape index (κ1) is 29.3. The van der Waals surface area contributed by atoms with Crippen LogP contribution in [0.5, 0.6) is 0 Å². The minimum atomic E-state index is -0.571. The number of fused-ring (bicyclic) bond motifs is 3. The predicted molar refractivity (Wildman–Crippen MR) is 145 cm³/mol. The van der Waals surface area contributed by atoms with Gasteiger partial charge in [0, 0.05) is 34.8 Å². The van der Waals surface area contributed by atoms with Crippen molar-refractivity contribution in [2.24, 2.45) is 0 Å². The van der Waals surface area contributed by atoms with Gasteiger partial charge >= 0.3 is 12.2 Å². The highest BCUT2D eigenvalue weighted by molar-refractivity contribution is 6.11. The molecule has 4 aromatic rings. The Morgan fingerprint density at radius 2 is 1.46 bits per heavy atom. The molecule has 10 nitrogen and oxygen atoms in total. The molecule has 11 heteroatoms. The molecule has 0 fully saturated rings. The molecule has 0 bridgehead atoms. The third kappa shape index (κ3) is 6.42. The zero-order valence-electron chi connectivity index (χ0n) is 21.4. The van der Waals surface area contributed by atoms with Crippen molar-refractivity contribution in [2.75, 3.05) is 23.8 Å². The number of carbonyl (C=O) groups is 2. The van der Waals surface area contributed by atoms with Crippen molar-refractivity contribution in [2.45, 2.75) is 20.4 Å². The van der Waals surface area contributed by atoms with Crippen LogP contribution in [0.4, 0.5) is 26.7 Å². The van der Waals surface area contributed by atoms with Crippen LogP contribution in [-0.2, 0) is 16.0 Å². The quantitative estimate of drug-likeness (QED) is 0.0761. The van der Waals surface area contributed by atoms with Gasteiger partial charge < -0.3 is 33.5 Å². The van der Waals surface area contributed by atoms with E-state index in [0.717, 1.165) is 32.9 Å². The Labute approximate surface area is 241 Å². The summed E-state index contributed by atoms with van der Waals surface area (Å²) in [6.45, 7) is 8.24. The monoisotopic (exact) mass is 642 g/mol. The van der Waals surface area contributed by atoms with E-state index in [4.69, 9.17) is 9.47 Å². The smallest absolute Gasteiger partial charge is 0.411 e. The lowest BCUT2D eigenvalue weighted by atomic mass is 9.98. The Morgan fingerprint density at radius 1 is 0.897 bits per heavy atom. The summed E-state index contributed by atoms with van der Waals surface area (Å²) in [6.07, 6.45) is 0.609. The first-order chi connectivity index (χ1) is 18.4. The molecule has 2 N–H and O–H groups in total. The van der Waals surface area contributed by atoms with Gasteiger partial charge in [0.2, 0.25) is 11.2 Å². The second-order valence-electron chi connectivity index (χ2n) is 8.24. The molecule has 0 radical (unpaired) electrons. The summed E-state index contributed by atoms with van der Waals surface area (Å²) in [5.74, 6) is 0. The third-order valence-electron chi connectivity index (χ3n) is 5.83. The normalized spacial score (nSPS) is 10.4. The van der Waals surface area contributed by atoms with Crippen LogP contribution in [0.15, 0.2) is 73.3 Å². The summed E-state index contributed by atoms with van der Waals surface area (Å²) >= 11 is 0. The molecule has 0 spiro atoms. The SMILES string of the molecule is C=CC[n+]1c(-c2ccc([N+](=O)[O-])cc2)c2cc(NC(=O)OCC)ccc2c2ccc(NC(=O)OCC)cc21.[I-]. The number of allylic oxidation sites excluding steroid dienone is 1. The first-order valence-electron chi connectivity index (χ1n) is 12.0. The van der Waals surface area contributed by atoms with E-state index in [9.17, 15) is 19.7 Å². The third-order valence-corrected chi connectivity index (χ3v) is 5.83. The van der Waals surface area contributed by atoms with Crippen LogP contribution in [0.3, 0.4) is 0 Å². The second kappa shape index (κ2) is 13.0. The molecule has 2 amide bonds.